The monoisotopic (exact) mass is 361 g/mol. The van der Waals surface area contributed by atoms with Crippen LogP contribution < -0.4 is 11.3 Å². The predicted octanol–water partition coefficient (Wildman–Crippen LogP) is -2.27. The zero-order valence-electron chi connectivity index (χ0n) is 12.9. The summed E-state index contributed by atoms with van der Waals surface area (Å²) in [6, 6.07) is -0.541. The number of rotatable bonds is 7. The molecule has 0 aliphatic carbocycles. The highest BCUT2D eigenvalue weighted by Gasteiger charge is 2.56. The predicted molar refractivity (Wildman–Crippen MR) is 80.7 cm³/mol. The van der Waals surface area contributed by atoms with Crippen LogP contribution in [0.3, 0.4) is 0 Å². The molecule has 2 aliphatic heterocycles. The van der Waals surface area contributed by atoms with Gasteiger partial charge in [0.1, 0.15) is 5.70 Å². The van der Waals surface area contributed by atoms with Crippen LogP contribution in [0.15, 0.2) is 11.3 Å². The first-order valence-corrected chi connectivity index (χ1v) is 9.07. The summed E-state index contributed by atoms with van der Waals surface area (Å²) in [5.74, 6) is 0.547. The Kier molecular flexibility index (Phi) is 4.97. The molecule has 1 saturated heterocycles. The van der Waals surface area contributed by atoms with Crippen molar-refractivity contribution in [2.75, 3.05) is 11.5 Å². The molecule has 1 fully saturated rings. The molecule has 0 bridgehead atoms. The van der Waals surface area contributed by atoms with Crippen molar-refractivity contribution in [2.45, 2.75) is 31.9 Å². The summed E-state index contributed by atoms with van der Waals surface area (Å²) >= 11 is 0. The number of β-lactam (4-membered cyclic amide) rings is 1. The summed E-state index contributed by atoms with van der Waals surface area (Å²) in [6.45, 7) is 1.43. The van der Waals surface area contributed by atoms with E-state index in [9.17, 15) is 33.0 Å². The van der Waals surface area contributed by atoms with Crippen molar-refractivity contribution in [3.63, 3.8) is 0 Å². The number of hydrogen-bond acceptors (Lipinski definition) is 7. The Balaban J connectivity index is 2.19. The normalized spacial score (nSPS) is 24.5. The fraction of sp³-hybridized carbons (Fsp3) is 0.615. The Labute approximate surface area is 138 Å². The van der Waals surface area contributed by atoms with Crippen molar-refractivity contribution >= 4 is 27.6 Å². The molecular weight excluding hydrogens is 342 g/mol. The number of nitrogens with one attached hydrogen (secondary N) is 1. The van der Waals surface area contributed by atoms with E-state index in [2.05, 4.69) is 0 Å². The molecule has 0 aromatic rings. The van der Waals surface area contributed by atoms with Gasteiger partial charge < -0.3 is 15.1 Å². The molecule has 5 N–H and O–H groups in total. The van der Waals surface area contributed by atoms with Crippen LogP contribution in [0.4, 0.5) is 0 Å². The van der Waals surface area contributed by atoms with Gasteiger partial charge in [0, 0.05) is 6.42 Å². The van der Waals surface area contributed by atoms with Gasteiger partial charge >= 0.3 is 5.97 Å². The third-order valence-corrected chi connectivity index (χ3v) is 5.83. The third kappa shape index (κ3) is 3.28. The lowest BCUT2D eigenvalue weighted by molar-refractivity contribution is -0.161. The van der Waals surface area contributed by atoms with E-state index in [4.69, 9.17) is 5.84 Å². The van der Waals surface area contributed by atoms with Crippen LogP contribution in [0.5, 0.6) is 0 Å². The lowest BCUT2D eigenvalue weighted by Gasteiger charge is -2.44. The van der Waals surface area contributed by atoms with Crippen molar-refractivity contribution in [1.29, 1.82) is 0 Å². The number of aliphatic hydroxyl groups excluding tert-OH is 1. The van der Waals surface area contributed by atoms with E-state index in [1.165, 1.54) is 6.92 Å². The molecule has 134 valence electrons. The largest absolute Gasteiger partial charge is 0.477 e. The Bertz CT molecular complexity index is 713. The Morgan fingerprint density at radius 1 is 1.46 bits per heavy atom. The maximum absolute atomic E-state index is 12.1. The van der Waals surface area contributed by atoms with E-state index < -0.39 is 57.2 Å². The minimum Gasteiger partial charge on any atom is -0.477 e. The molecule has 0 aromatic carbocycles. The summed E-state index contributed by atoms with van der Waals surface area (Å²) in [4.78, 5) is 35.5. The van der Waals surface area contributed by atoms with Crippen molar-refractivity contribution in [3.8, 4) is 0 Å². The van der Waals surface area contributed by atoms with E-state index in [1.807, 2.05) is 5.43 Å². The first-order valence-electron chi connectivity index (χ1n) is 7.25. The van der Waals surface area contributed by atoms with Gasteiger partial charge in [-0.2, -0.15) is 0 Å². The Hall–Kier alpha value is -1.98. The maximum atomic E-state index is 12.1. The van der Waals surface area contributed by atoms with E-state index in [-0.39, 0.29) is 24.1 Å². The first kappa shape index (κ1) is 18.4. The third-order valence-electron chi connectivity index (χ3n) is 4.22. The SMILES string of the molecule is CC(O)C1C(=O)N2C(C(=O)O)=C(CS(=O)(=O)CCC(=O)NN)CC12. The van der Waals surface area contributed by atoms with Crippen molar-refractivity contribution in [2.24, 2.45) is 11.8 Å². The van der Waals surface area contributed by atoms with Crippen LogP contribution >= 0.6 is 0 Å². The summed E-state index contributed by atoms with van der Waals surface area (Å²) in [7, 11) is -3.75. The molecule has 10 nitrogen and oxygen atoms in total. The number of carbonyl (C=O) groups is 3. The van der Waals surface area contributed by atoms with Gasteiger partial charge in [-0.1, -0.05) is 0 Å². The first-order chi connectivity index (χ1) is 11.1. The van der Waals surface area contributed by atoms with Gasteiger partial charge in [0.05, 0.1) is 29.6 Å². The second-order valence-electron chi connectivity index (χ2n) is 5.91. The maximum Gasteiger partial charge on any atom is 0.352 e. The molecule has 0 saturated carbocycles. The van der Waals surface area contributed by atoms with Gasteiger partial charge in [-0.25, -0.2) is 19.1 Å². The number of fused-ring (bicyclic) bond motifs is 1. The number of carboxylic acid groups (broad SMARTS) is 1. The van der Waals surface area contributed by atoms with Crippen LogP contribution in [0, 0.1) is 5.92 Å². The number of sulfone groups is 1. The summed E-state index contributed by atoms with van der Waals surface area (Å²) in [5.41, 5.74) is 1.59. The highest BCUT2D eigenvalue weighted by molar-refractivity contribution is 7.91. The van der Waals surface area contributed by atoms with Crippen LogP contribution in [0.25, 0.3) is 0 Å². The van der Waals surface area contributed by atoms with Gasteiger partial charge in [0.15, 0.2) is 9.84 Å². The molecule has 0 spiro atoms. The molecule has 3 atom stereocenters. The zero-order chi connectivity index (χ0) is 18.2. The molecule has 24 heavy (non-hydrogen) atoms. The number of aliphatic carboxylic acids is 1. The van der Waals surface area contributed by atoms with Crippen LogP contribution in [0.1, 0.15) is 19.8 Å². The van der Waals surface area contributed by atoms with Gasteiger partial charge in [0.25, 0.3) is 0 Å². The zero-order valence-corrected chi connectivity index (χ0v) is 13.7. The molecule has 2 aliphatic rings. The molecule has 2 heterocycles. The molecule has 0 aromatic heterocycles. The lowest BCUT2D eigenvalue weighted by Crippen LogP contribution is -2.61. The summed E-state index contributed by atoms with van der Waals surface area (Å²) in [5, 5.41) is 18.9. The number of hydrogen-bond donors (Lipinski definition) is 4. The van der Waals surface area contributed by atoms with Crippen LogP contribution in [0.2, 0.25) is 0 Å². The fourth-order valence-electron chi connectivity index (χ4n) is 3.15. The molecule has 3 unspecified atom stereocenters. The number of amides is 2. The smallest absolute Gasteiger partial charge is 0.352 e. The van der Waals surface area contributed by atoms with Crippen LogP contribution in [-0.2, 0) is 24.2 Å². The van der Waals surface area contributed by atoms with Crippen molar-refractivity contribution in [3.05, 3.63) is 11.3 Å². The number of nitrogens with zero attached hydrogens (tertiary/aromatic N) is 1. The van der Waals surface area contributed by atoms with Crippen molar-refractivity contribution < 1.29 is 33.0 Å². The molecule has 2 rings (SSSR count). The highest BCUT2D eigenvalue weighted by Crippen LogP contribution is 2.43. The minimum atomic E-state index is -3.75. The van der Waals surface area contributed by atoms with Gasteiger partial charge in [-0.05, 0) is 18.9 Å². The average molecular weight is 361 g/mol. The van der Waals surface area contributed by atoms with E-state index >= 15 is 0 Å². The summed E-state index contributed by atoms with van der Waals surface area (Å²) < 4.78 is 24.2. The second-order valence-corrected chi connectivity index (χ2v) is 8.10. The Morgan fingerprint density at radius 2 is 2.08 bits per heavy atom. The molecular formula is C13H19N3O7S. The van der Waals surface area contributed by atoms with Gasteiger partial charge in [0.2, 0.25) is 11.8 Å². The number of aliphatic hydroxyl groups is 1. The van der Waals surface area contributed by atoms with Crippen molar-refractivity contribution in [1.82, 2.24) is 10.3 Å². The molecule has 11 heteroatoms. The number of carbonyl (C=O) groups excluding carboxylic acids is 2. The quantitative estimate of drug-likeness (QED) is 0.170. The standard InChI is InChI=1S/C13H19N3O7S/c1-6(17)10-8-4-7(11(13(20)21)16(8)12(10)19)5-24(22,23)3-2-9(18)15-14/h6,8,10,17H,2-5,14H2,1H3,(H,15,18)(H,20,21). The average Bonchev–Trinajstić information content (AvgIpc) is 2.78. The minimum absolute atomic E-state index is 0.0747. The number of hydrazine groups is 1. The number of nitrogens with two attached hydrogens (primary N) is 1. The van der Waals surface area contributed by atoms with Gasteiger partial charge in [-0.15, -0.1) is 0 Å². The number of carboxylic acids is 1. The fourth-order valence-corrected chi connectivity index (χ4v) is 4.57. The molecule has 0 radical (unpaired) electrons. The Morgan fingerprint density at radius 3 is 2.58 bits per heavy atom. The van der Waals surface area contributed by atoms with E-state index in [0.29, 0.717) is 0 Å². The van der Waals surface area contributed by atoms with Crippen LogP contribution in [-0.4, -0.2) is 65.0 Å². The molecule has 2 amide bonds. The van der Waals surface area contributed by atoms with E-state index in [0.717, 1.165) is 4.90 Å². The summed E-state index contributed by atoms with van der Waals surface area (Å²) in [6.07, 6.45) is -1.21. The highest BCUT2D eigenvalue weighted by atomic mass is 32.2. The second kappa shape index (κ2) is 6.49. The topological polar surface area (TPSA) is 167 Å². The lowest BCUT2D eigenvalue weighted by atomic mass is 9.83. The van der Waals surface area contributed by atoms with Gasteiger partial charge in [-0.3, -0.25) is 15.0 Å². The van der Waals surface area contributed by atoms with E-state index in [1.54, 1.807) is 0 Å².